The highest BCUT2D eigenvalue weighted by molar-refractivity contribution is 5.73. The van der Waals surface area contributed by atoms with Gasteiger partial charge in [0, 0.05) is 19.6 Å². The molecule has 0 atom stereocenters. The molecule has 2 aromatic carbocycles. The Morgan fingerprint density at radius 3 is 2.50 bits per heavy atom. The summed E-state index contributed by atoms with van der Waals surface area (Å²) in [4.78, 5) is 14.8. The standard InChI is InChI=1S/C24H33N3O3/c1-30-23-16-19(10-11-22(23)28)12-13-25-24(29)26-17-20-8-4-5-9-21(20)18-27-14-6-2-3-7-15-27/h4-5,8-11,16,28H,2-3,6-7,12-15,17-18H2,1H3,(H2,25,26,29). The van der Waals surface area contributed by atoms with Crippen LogP contribution in [0.1, 0.15) is 42.4 Å². The molecule has 30 heavy (non-hydrogen) atoms. The number of likely N-dealkylation sites (tertiary alicyclic amines) is 1. The number of nitrogens with zero attached hydrogens (tertiary/aromatic N) is 1. The number of carbonyl (C=O) groups excluding carboxylic acids is 1. The Balaban J connectivity index is 1.45. The lowest BCUT2D eigenvalue weighted by molar-refractivity contribution is 0.240. The number of methoxy groups -OCH3 is 1. The SMILES string of the molecule is COc1cc(CCNC(=O)NCc2ccccc2CN2CCCCCC2)ccc1O. The van der Waals surface area contributed by atoms with Crippen molar-refractivity contribution in [2.24, 2.45) is 0 Å². The zero-order chi connectivity index (χ0) is 21.2. The van der Waals surface area contributed by atoms with Crippen molar-refractivity contribution in [3.8, 4) is 11.5 Å². The fourth-order valence-electron chi connectivity index (χ4n) is 3.86. The van der Waals surface area contributed by atoms with E-state index in [4.69, 9.17) is 4.74 Å². The van der Waals surface area contributed by atoms with Gasteiger partial charge in [0.1, 0.15) is 0 Å². The van der Waals surface area contributed by atoms with Crippen LogP contribution in [0.3, 0.4) is 0 Å². The number of amides is 2. The summed E-state index contributed by atoms with van der Waals surface area (Å²) in [6.45, 7) is 4.29. The molecule has 3 N–H and O–H groups in total. The molecule has 6 nitrogen and oxygen atoms in total. The van der Waals surface area contributed by atoms with Crippen LogP contribution in [-0.2, 0) is 19.5 Å². The topological polar surface area (TPSA) is 73.8 Å². The molecule has 2 amide bonds. The van der Waals surface area contributed by atoms with Gasteiger partial charge in [-0.3, -0.25) is 4.90 Å². The van der Waals surface area contributed by atoms with E-state index in [9.17, 15) is 9.90 Å². The summed E-state index contributed by atoms with van der Waals surface area (Å²) in [6, 6.07) is 13.4. The number of carbonyl (C=O) groups is 1. The molecule has 1 aliphatic rings. The number of phenolic OH excluding ortho intramolecular Hbond substituents is 1. The number of ether oxygens (including phenoxy) is 1. The smallest absolute Gasteiger partial charge is 0.315 e. The minimum atomic E-state index is -0.176. The van der Waals surface area contributed by atoms with Crippen molar-refractivity contribution in [2.45, 2.75) is 45.2 Å². The van der Waals surface area contributed by atoms with Crippen molar-refractivity contribution >= 4 is 6.03 Å². The van der Waals surface area contributed by atoms with Crippen LogP contribution in [0.2, 0.25) is 0 Å². The van der Waals surface area contributed by atoms with Crippen LogP contribution in [0, 0.1) is 0 Å². The summed E-state index contributed by atoms with van der Waals surface area (Å²) in [5.41, 5.74) is 3.45. The number of hydrogen-bond acceptors (Lipinski definition) is 4. The molecule has 6 heteroatoms. The molecule has 0 bridgehead atoms. The van der Waals surface area contributed by atoms with Gasteiger partial charge in [-0.25, -0.2) is 4.79 Å². The lowest BCUT2D eigenvalue weighted by atomic mass is 10.1. The average Bonchev–Trinajstić information content (AvgIpc) is 3.03. The maximum atomic E-state index is 12.2. The minimum Gasteiger partial charge on any atom is -0.504 e. The zero-order valence-electron chi connectivity index (χ0n) is 17.8. The number of hydrogen-bond donors (Lipinski definition) is 3. The van der Waals surface area contributed by atoms with Gasteiger partial charge in [-0.2, -0.15) is 0 Å². The van der Waals surface area contributed by atoms with Crippen LogP contribution < -0.4 is 15.4 Å². The third kappa shape index (κ3) is 6.66. The predicted molar refractivity (Wildman–Crippen MR) is 119 cm³/mol. The molecule has 0 aliphatic carbocycles. The van der Waals surface area contributed by atoms with E-state index >= 15 is 0 Å². The van der Waals surface area contributed by atoms with E-state index in [1.54, 1.807) is 12.1 Å². The molecule has 1 heterocycles. The number of nitrogens with one attached hydrogen (secondary N) is 2. The molecule has 0 radical (unpaired) electrons. The lowest BCUT2D eigenvalue weighted by Gasteiger charge is -2.21. The Labute approximate surface area is 179 Å². The highest BCUT2D eigenvalue weighted by Crippen LogP contribution is 2.26. The van der Waals surface area contributed by atoms with Crippen molar-refractivity contribution in [3.63, 3.8) is 0 Å². The molecule has 3 rings (SSSR count). The van der Waals surface area contributed by atoms with E-state index in [0.29, 0.717) is 25.3 Å². The third-order valence-electron chi connectivity index (χ3n) is 5.59. The molecule has 1 saturated heterocycles. The molecule has 162 valence electrons. The summed E-state index contributed by atoms with van der Waals surface area (Å²) < 4.78 is 5.12. The van der Waals surface area contributed by atoms with Gasteiger partial charge in [0.05, 0.1) is 7.11 Å². The zero-order valence-corrected chi connectivity index (χ0v) is 17.8. The molecule has 0 saturated carbocycles. The predicted octanol–water partition coefficient (Wildman–Crippen LogP) is 3.82. The first kappa shape index (κ1) is 22.0. The average molecular weight is 412 g/mol. The highest BCUT2D eigenvalue weighted by atomic mass is 16.5. The van der Waals surface area contributed by atoms with Gasteiger partial charge < -0.3 is 20.5 Å². The van der Waals surface area contributed by atoms with Crippen molar-refractivity contribution in [1.82, 2.24) is 15.5 Å². The summed E-state index contributed by atoms with van der Waals surface area (Å²) >= 11 is 0. The van der Waals surface area contributed by atoms with Crippen LogP contribution in [0.15, 0.2) is 42.5 Å². The van der Waals surface area contributed by atoms with E-state index in [-0.39, 0.29) is 11.8 Å². The second-order valence-corrected chi connectivity index (χ2v) is 7.82. The molecule has 0 aromatic heterocycles. The maximum Gasteiger partial charge on any atom is 0.315 e. The van der Waals surface area contributed by atoms with E-state index < -0.39 is 0 Å². The van der Waals surface area contributed by atoms with E-state index in [1.165, 1.54) is 43.9 Å². The molecule has 1 fully saturated rings. The van der Waals surface area contributed by atoms with Gasteiger partial charge in [-0.05, 0) is 61.2 Å². The minimum absolute atomic E-state index is 0.116. The number of aromatic hydroxyl groups is 1. The summed E-state index contributed by atoms with van der Waals surface area (Å²) in [5.74, 6) is 0.559. The van der Waals surface area contributed by atoms with Gasteiger partial charge >= 0.3 is 6.03 Å². The number of benzene rings is 2. The van der Waals surface area contributed by atoms with Crippen LogP contribution in [-0.4, -0.2) is 42.8 Å². The van der Waals surface area contributed by atoms with Gasteiger partial charge in [0.2, 0.25) is 0 Å². The number of rotatable bonds is 8. The Bertz CT molecular complexity index is 817. The Morgan fingerprint density at radius 2 is 1.77 bits per heavy atom. The summed E-state index contributed by atoms with van der Waals surface area (Å²) in [6.07, 6.45) is 5.87. The fourth-order valence-corrected chi connectivity index (χ4v) is 3.86. The van der Waals surface area contributed by atoms with Gasteiger partial charge in [-0.15, -0.1) is 0 Å². The second kappa shape index (κ2) is 11.5. The van der Waals surface area contributed by atoms with Crippen LogP contribution in [0.5, 0.6) is 11.5 Å². The lowest BCUT2D eigenvalue weighted by Crippen LogP contribution is -2.36. The third-order valence-corrected chi connectivity index (χ3v) is 5.59. The van der Waals surface area contributed by atoms with Gasteiger partial charge in [-0.1, -0.05) is 43.2 Å². The van der Waals surface area contributed by atoms with E-state index in [1.807, 2.05) is 12.1 Å². The first-order valence-corrected chi connectivity index (χ1v) is 10.8. The summed E-state index contributed by atoms with van der Waals surface area (Å²) in [5, 5.41) is 15.5. The van der Waals surface area contributed by atoms with Gasteiger partial charge in [0.25, 0.3) is 0 Å². The van der Waals surface area contributed by atoms with Crippen LogP contribution in [0.25, 0.3) is 0 Å². The van der Waals surface area contributed by atoms with Crippen molar-refractivity contribution < 1.29 is 14.6 Å². The van der Waals surface area contributed by atoms with Crippen LogP contribution in [0.4, 0.5) is 4.79 Å². The molecular formula is C24H33N3O3. The Hall–Kier alpha value is -2.73. The first-order chi connectivity index (χ1) is 14.7. The molecular weight excluding hydrogens is 378 g/mol. The van der Waals surface area contributed by atoms with E-state index in [2.05, 4.69) is 33.7 Å². The van der Waals surface area contributed by atoms with E-state index in [0.717, 1.165) is 25.2 Å². The van der Waals surface area contributed by atoms with Crippen molar-refractivity contribution in [3.05, 3.63) is 59.2 Å². The monoisotopic (exact) mass is 411 g/mol. The second-order valence-electron chi connectivity index (χ2n) is 7.82. The number of phenols is 1. The normalized spacial score (nSPS) is 14.7. The molecule has 2 aromatic rings. The number of urea groups is 1. The Morgan fingerprint density at radius 1 is 1.03 bits per heavy atom. The Kier molecular flexibility index (Phi) is 8.39. The van der Waals surface area contributed by atoms with Crippen molar-refractivity contribution in [1.29, 1.82) is 0 Å². The first-order valence-electron chi connectivity index (χ1n) is 10.8. The largest absolute Gasteiger partial charge is 0.504 e. The fraction of sp³-hybridized carbons (Fsp3) is 0.458. The summed E-state index contributed by atoms with van der Waals surface area (Å²) in [7, 11) is 1.52. The quantitative estimate of drug-likeness (QED) is 0.617. The van der Waals surface area contributed by atoms with Crippen LogP contribution >= 0.6 is 0 Å². The van der Waals surface area contributed by atoms with Gasteiger partial charge in [0.15, 0.2) is 11.5 Å². The maximum absolute atomic E-state index is 12.2. The molecule has 0 unspecified atom stereocenters. The molecule has 0 spiro atoms. The molecule has 1 aliphatic heterocycles. The highest BCUT2D eigenvalue weighted by Gasteiger charge is 2.12. The van der Waals surface area contributed by atoms with Crippen molar-refractivity contribution in [2.75, 3.05) is 26.7 Å².